The summed E-state index contributed by atoms with van der Waals surface area (Å²) >= 11 is 0. The molecule has 0 radical (unpaired) electrons. The summed E-state index contributed by atoms with van der Waals surface area (Å²) in [6, 6.07) is 4.74. The molecule has 0 aliphatic rings. The van der Waals surface area contributed by atoms with Crippen LogP contribution in [0.4, 0.5) is 5.69 Å². The minimum absolute atomic E-state index is 0.128. The Bertz CT molecular complexity index is 470. The minimum Gasteiger partial charge on any atom is -0.478 e. The highest BCUT2D eigenvalue weighted by Crippen LogP contribution is 2.15. The van der Waals surface area contributed by atoms with Crippen LogP contribution in [0.15, 0.2) is 18.2 Å². The summed E-state index contributed by atoms with van der Waals surface area (Å²) in [5.41, 5.74) is 6.68. The largest absolute Gasteiger partial charge is 0.478 e. The molecule has 104 valence electrons. The van der Waals surface area contributed by atoms with Crippen molar-refractivity contribution >= 4 is 17.6 Å². The van der Waals surface area contributed by atoms with E-state index in [1.54, 1.807) is 19.1 Å². The molecule has 19 heavy (non-hydrogen) atoms. The average Bonchev–Trinajstić information content (AvgIpc) is 2.37. The highest BCUT2D eigenvalue weighted by Gasteiger charge is 2.13. The quantitative estimate of drug-likeness (QED) is 0.712. The van der Waals surface area contributed by atoms with E-state index in [4.69, 9.17) is 15.6 Å². The standard InChI is InChI=1S/C13H18N2O4/c1-8-3-4-9(5-11(8)13(17)18)15-12(16)6-10(7-14)19-2/h3-5,10H,6-7,14H2,1-2H3,(H,15,16)(H,17,18). The highest BCUT2D eigenvalue weighted by molar-refractivity contribution is 5.94. The van der Waals surface area contributed by atoms with E-state index >= 15 is 0 Å². The monoisotopic (exact) mass is 266 g/mol. The van der Waals surface area contributed by atoms with Crippen LogP contribution in [-0.2, 0) is 9.53 Å². The van der Waals surface area contributed by atoms with Gasteiger partial charge in [-0.3, -0.25) is 4.79 Å². The Balaban J connectivity index is 2.74. The molecule has 1 amide bonds. The number of anilines is 1. The Morgan fingerprint density at radius 3 is 2.68 bits per heavy atom. The maximum absolute atomic E-state index is 11.7. The summed E-state index contributed by atoms with van der Waals surface area (Å²) < 4.78 is 5.01. The van der Waals surface area contributed by atoms with Crippen molar-refractivity contribution in [3.63, 3.8) is 0 Å². The van der Waals surface area contributed by atoms with Crippen molar-refractivity contribution in [3.05, 3.63) is 29.3 Å². The second-order valence-electron chi connectivity index (χ2n) is 4.18. The van der Waals surface area contributed by atoms with Gasteiger partial charge in [0.05, 0.1) is 18.1 Å². The van der Waals surface area contributed by atoms with Crippen LogP contribution in [0.3, 0.4) is 0 Å². The lowest BCUT2D eigenvalue weighted by molar-refractivity contribution is -0.118. The van der Waals surface area contributed by atoms with E-state index in [2.05, 4.69) is 5.32 Å². The SMILES string of the molecule is COC(CN)CC(=O)Nc1ccc(C)c(C(=O)O)c1. The van der Waals surface area contributed by atoms with E-state index in [1.807, 2.05) is 0 Å². The predicted molar refractivity (Wildman–Crippen MR) is 71.2 cm³/mol. The maximum Gasteiger partial charge on any atom is 0.336 e. The molecule has 0 spiro atoms. The van der Waals surface area contributed by atoms with E-state index in [0.29, 0.717) is 11.3 Å². The van der Waals surface area contributed by atoms with Crippen LogP contribution in [0.5, 0.6) is 0 Å². The number of aromatic carboxylic acids is 1. The number of carboxylic acid groups (broad SMARTS) is 1. The zero-order valence-corrected chi connectivity index (χ0v) is 11.0. The Hall–Kier alpha value is -1.92. The Morgan fingerprint density at radius 2 is 2.16 bits per heavy atom. The number of carbonyl (C=O) groups excluding carboxylic acids is 1. The van der Waals surface area contributed by atoms with Crippen molar-refractivity contribution in [2.24, 2.45) is 5.73 Å². The molecule has 0 bridgehead atoms. The van der Waals surface area contributed by atoms with Crippen molar-refractivity contribution < 1.29 is 19.4 Å². The minimum atomic E-state index is -1.02. The number of rotatable bonds is 6. The van der Waals surface area contributed by atoms with Crippen molar-refractivity contribution in [2.45, 2.75) is 19.4 Å². The number of methoxy groups -OCH3 is 1. The summed E-state index contributed by atoms with van der Waals surface area (Å²) in [5, 5.41) is 11.6. The molecule has 0 heterocycles. The number of nitrogens with two attached hydrogens (primary N) is 1. The number of benzene rings is 1. The zero-order chi connectivity index (χ0) is 14.4. The molecular weight excluding hydrogens is 248 g/mol. The van der Waals surface area contributed by atoms with Gasteiger partial charge in [0, 0.05) is 19.3 Å². The van der Waals surface area contributed by atoms with Gasteiger partial charge >= 0.3 is 5.97 Å². The van der Waals surface area contributed by atoms with Crippen LogP contribution in [0.2, 0.25) is 0 Å². The van der Waals surface area contributed by atoms with Crippen LogP contribution >= 0.6 is 0 Å². The van der Waals surface area contributed by atoms with Gasteiger partial charge in [-0.1, -0.05) is 6.07 Å². The molecule has 1 aromatic rings. The Morgan fingerprint density at radius 1 is 1.47 bits per heavy atom. The first-order chi connectivity index (χ1) is 8.97. The zero-order valence-electron chi connectivity index (χ0n) is 11.0. The highest BCUT2D eigenvalue weighted by atomic mass is 16.5. The van der Waals surface area contributed by atoms with Crippen LogP contribution in [0.25, 0.3) is 0 Å². The maximum atomic E-state index is 11.7. The number of nitrogens with one attached hydrogen (secondary N) is 1. The molecule has 1 rings (SSSR count). The van der Waals surface area contributed by atoms with E-state index in [1.165, 1.54) is 13.2 Å². The summed E-state index contributed by atoms with van der Waals surface area (Å²) in [4.78, 5) is 22.7. The van der Waals surface area contributed by atoms with Gasteiger partial charge in [0.25, 0.3) is 0 Å². The van der Waals surface area contributed by atoms with Gasteiger partial charge in [-0.25, -0.2) is 4.79 Å². The van der Waals surface area contributed by atoms with E-state index in [9.17, 15) is 9.59 Å². The summed E-state index contributed by atoms with van der Waals surface area (Å²) in [5.74, 6) is -1.29. The summed E-state index contributed by atoms with van der Waals surface area (Å²) in [6.45, 7) is 1.95. The number of carboxylic acids is 1. The van der Waals surface area contributed by atoms with Crippen molar-refractivity contribution in [1.29, 1.82) is 0 Å². The summed E-state index contributed by atoms with van der Waals surface area (Å²) in [7, 11) is 1.49. The smallest absolute Gasteiger partial charge is 0.336 e. The number of hydrogen-bond acceptors (Lipinski definition) is 4. The van der Waals surface area contributed by atoms with Gasteiger partial charge in [-0.2, -0.15) is 0 Å². The Labute approximate surface area is 111 Å². The molecule has 1 unspecified atom stereocenters. The lowest BCUT2D eigenvalue weighted by atomic mass is 10.1. The van der Waals surface area contributed by atoms with Crippen LogP contribution < -0.4 is 11.1 Å². The number of ether oxygens (including phenoxy) is 1. The number of hydrogen-bond donors (Lipinski definition) is 3. The number of carbonyl (C=O) groups is 2. The first-order valence-corrected chi connectivity index (χ1v) is 5.84. The molecule has 6 nitrogen and oxygen atoms in total. The number of amides is 1. The van der Waals surface area contributed by atoms with Gasteiger partial charge in [0.1, 0.15) is 0 Å². The summed E-state index contributed by atoms with van der Waals surface area (Å²) in [6.07, 6.45) is -0.215. The fourth-order valence-corrected chi connectivity index (χ4v) is 1.61. The second kappa shape index (κ2) is 6.86. The van der Waals surface area contributed by atoms with E-state index in [-0.39, 0.29) is 30.5 Å². The van der Waals surface area contributed by atoms with Crippen molar-refractivity contribution in [1.82, 2.24) is 0 Å². The molecule has 1 atom stereocenters. The molecule has 6 heteroatoms. The molecule has 0 fully saturated rings. The third-order valence-corrected chi connectivity index (χ3v) is 2.76. The first kappa shape index (κ1) is 15.1. The van der Waals surface area contributed by atoms with E-state index < -0.39 is 5.97 Å². The lowest BCUT2D eigenvalue weighted by Gasteiger charge is -2.13. The first-order valence-electron chi connectivity index (χ1n) is 5.84. The molecule has 0 aliphatic carbocycles. The van der Waals surface area contributed by atoms with Crippen molar-refractivity contribution in [2.75, 3.05) is 19.0 Å². The number of aryl methyl sites for hydroxylation is 1. The van der Waals surface area contributed by atoms with Gasteiger partial charge in [0.2, 0.25) is 5.91 Å². The molecule has 1 aromatic carbocycles. The normalized spacial score (nSPS) is 11.9. The van der Waals surface area contributed by atoms with Crippen LogP contribution in [0, 0.1) is 6.92 Å². The molecule has 0 saturated carbocycles. The third kappa shape index (κ3) is 4.35. The van der Waals surface area contributed by atoms with Gasteiger partial charge in [-0.05, 0) is 24.6 Å². The third-order valence-electron chi connectivity index (χ3n) is 2.76. The van der Waals surface area contributed by atoms with Gasteiger partial charge in [-0.15, -0.1) is 0 Å². The van der Waals surface area contributed by atoms with Crippen molar-refractivity contribution in [3.8, 4) is 0 Å². The molecule has 0 aromatic heterocycles. The fraction of sp³-hybridized carbons (Fsp3) is 0.385. The molecule has 0 aliphatic heterocycles. The lowest BCUT2D eigenvalue weighted by Crippen LogP contribution is -2.28. The molecule has 4 N–H and O–H groups in total. The van der Waals surface area contributed by atoms with E-state index in [0.717, 1.165) is 0 Å². The van der Waals surface area contributed by atoms with Crippen LogP contribution in [-0.4, -0.2) is 36.7 Å². The second-order valence-corrected chi connectivity index (χ2v) is 4.18. The Kier molecular flexibility index (Phi) is 5.47. The predicted octanol–water partition coefficient (Wildman–Crippen LogP) is 0.996. The molecule has 0 saturated heterocycles. The topological polar surface area (TPSA) is 102 Å². The van der Waals surface area contributed by atoms with Gasteiger partial charge in [0.15, 0.2) is 0 Å². The van der Waals surface area contributed by atoms with Gasteiger partial charge < -0.3 is 20.9 Å². The molecular formula is C13H18N2O4. The fourth-order valence-electron chi connectivity index (χ4n) is 1.61. The van der Waals surface area contributed by atoms with Crippen LogP contribution in [0.1, 0.15) is 22.3 Å². The average molecular weight is 266 g/mol.